The normalized spacial score (nSPS) is 13.6. The Hall–Kier alpha value is -1.00. The zero-order valence-corrected chi connectivity index (χ0v) is 11.0. The molecular weight excluding hydrogens is 214 g/mol. The van der Waals surface area contributed by atoms with E-state index in [0.29, 0.717) is 0 Å². The van der Waals surface area contributed by atoms with Crippen LogP contribution in [0, 0.1) is 5.41 Å². The standard InChI is InChI=1S/C13H23N3O/c1-4-13(5-2,10-17)9-16-11(3)12-8-14-6-7-15-12/h6-8,11,16-17H,4-5,9-10H2,1-3H3. The van der Waals surface area contributed by atoms with Crippen molar-refractivity contribution in [1.82, 2.24) is 15.3 Å². The van der Waals surface area contributed by atoms with E-state index in [1.165, 1.54) is 0 Å². The number of aliphatic hydroxyl groups excluding tert-OH is 1. The van der Waals surface area contributed by atoms with Crippen LogP contribution in [0.3, 0.4) is 0 Å². The topological polar surface area (TPSA) is 58.0 Å². The highest BCUT2D eigenvalue weighted by Crippen LogP contribution is 2.25. The Kier molecular flexibility index (Phi) is 5.51. The molecule has 0 amide bonds. The minimum atomic E-state index is -0.0174. The van der Waals surface area contributed by atoms with Gasteiger partial charge in [-0.25, -0.2) is 0 Å². The van der Waals surface area contributed by atoms with Crippen molar-refractivity contribution >= 4 is 0 Å². The van der Waals surface area contributed by atoms with Crippen molar-refractivity contribution in [2.24, 2.45) is 5.41 Å². The van der Waals surface area contributed by atoms with Crippen LogP contribution in [0.25, 0.3) is 0 Å². The van der Waals surface area contributed by atoms with Crippen molar-refractivity contribution in [2.45, 2.75) is 39.7 Å². The van der Waals surface area contributed by atoms with Gasteiger partial charge >= 0.3 is 0 Å². The Bertz CT molecular complexity index is 303. The highest BCUT2D eigenvalue weighted by atomic mass is 16.3. The van der Waals surface area contributed by atoms with E-state index in [0.717, 1.165) is 25.1 Å². The quantitative estimate of drug-likeness (QED) is 0.760. The molecule has 0 spiro atoms. The molecule has 0 aliphatic rings. The molecule has 96 valence electrons. The summed E-state index contributed by atoms with van der Waals surface area (Å²) in [6.45, 7) is 7.33. The Morgan fingerprint density at radius 1 is 1.35 bits per heavy atom. The Labute approximate surface area is 103 Å². The summed E-state index contributed by atoms with van der Waals surface area (Å²) in [6, 6.07) is 0.160. The molecule has 0 aliphatic carbocycles. The molecule has 1 unspecified atom stereocenters. The first kappa shape index (κ1) is 14.1. The number of aromatic nitrogens is 2. The molecule has 2 N–H and O–H groups in total. The Morgan fingerprint density at radius 2 is 2.06 bits per heavy atom. The van der Waals surface area contributed by atoms with E-state index in [2.05, 4.69) is 36.1 Å². The minimum absolute atomic E-state index is 0.0174. The summed E-state index contributed by atoms with van der Waals surface area (Å²) >= 11 is 0. The summed E-state index contributed by atoms with van der Waals surface area (Å²) in [4.78, 5) is 8.33. The maximum absolute atomic E-state index is 9.49. The fraction of sp³-hybridized carbons (Fsp3) is 0.692. The summed E-state index contributed by atoms with van der Waals surface area (Å²) in [5, 5.41) is 12.9. The van der Waals surface area contributed by atoms with Gasteiger partial charge in [-0.05, 0) is 19.8 Å². The number of rotatable bonds is 7. The average molecular weight is 237 g/mol. The van der Waals surface area contributed by atoms with Crippen LogP contribution >= 0.6 is 0 Å². The van der Waals surface area contributed by atoms with E-state index >= 15 is 0 Å². The van der Waals surface area contributed by atoms with E-state index in [-0.39, 0.29) is 18.1 Å². The first-order valence-electron chi connectivity index (χ1n) is 6.27. The van der Waals surface area contributed by atoms with Gasteiger partial charge in [0.05, 0.1) is 5.69 Å². The lowest BCUT2D eigenvalue weighted by atomic mass is 9.83. The zero-order chi connectivity index (χ0) is 12.7. The van der Waals surface area contributed by atoms with Crippen LogP contribution in [0.5, 0.6) is 0 Å². The highest BCUT2D eigenvalue weighted by molar-refractivity contribution is 5.00. The Balaban J connectivity index is 2.55. The third-order valence-corrected chi connectivity index (χ3v) is 3.65. The second-order valence-corrected chi connectivity index (χ2v) is 4.60. The van der Waals surface area contributed by atoms with Crippen molar-refractivity contribution in [3.05, 3.63) is 24.3 Å². The van der Waals surface area contributed by atoms with E-state index in [1.807, 2.05) is 0 Å². The van der Waals surface area contributed by atoms with Gasteiger partial charge in [-0.2, -0.15) is 0 Å². The summed E-state index contributed by atoms with van der Waals surface area (Å²) in [5.74, 6) is 0. The first-order chi connectivity index (χ1) is 8.17. The van der Waals surface area contributed by atoms with Crippen LogP contribution in [0.2, 0.25) is 0 Å². The molecular formula is C13H23N3O. The first-order valence-corrected chi connectivity index (χ1v) is 6.27. The van der Waals surface area contributed by atoms with E-state index < -0.39 is 0 Å². The van der Waals surface area contributed by atoms with Gasteiger partial charge in [0.15, 0.2) is 0 Å². The SMILES string of the molecule is CCC(CC)(CO)CNC(C)c1cnccn1. The largest absolute Gasteiger partial charge is 0.396 e. The molecule has 0 radical (unpaired) electrons. The van der Waals surface area contributed by atoms with Gasteiger partial charge in [-0.3, -0.25) is 9.97 Å². The van der Waals surface area contributed by atoms with Crippen LogP contribution < -0.4 is 5.32 Å². The van der Waals surface area contributed by atoms with Crippen LogP contribution in [0.4, 0.5) is 0 Å². The molecule has 1 rings (SSSR count). The van der Waals surface area contributed by atoms with Gasteiger partial charge in [0, 0.05) is 43.2 Å². The smallest absolute Gasteiger partial charge is 0.0753 e. The van der Waals surface area contributed by atoms with Crippen molar-refractivity contribution in [1.29, 1.82) is 0 Å². The molecule has 4 nitrogen and oxygen atoms in total. The number of nitrogens with zero attached hydrogens (tertiary/aromatic N) is 2. The van der Waals surface area contributed by atoms with Crippen LogP contribution in [0.15, 0.2) is 18.6 Å². The monoisotopic (exact) mass is 237 g/mol. The van der Waals surface area contributed by atoms with Gasteiger partial charge in [0.1, 0.15) is 0 Å². The van der Waals surface area contributed by atoms with E-state index in [1.54, 1.807) is 18.6 Å². The van der Waals surface area contributed by atoms with E-state index in [9.17, 15) is 5.11 Å². The molecule has 0 saturated heterocycles. The third-order valence-electron chi connectivity index (χ3n) is 3.65. The fourth-order valence-electron chi connectivity index (χ4n) is 1.79. The lowest BCUT2D eigenvalue weighted by Crippen LogP contribution is -2.37. The molecule has 1 atom stereocenters. The highest BCUT2D eigenvalue weighted by Gasteiger charge is 2.25. The summed E-state index contributed by atoms with van der Waals surface area (Å²) < 4.78 is 0. The minimum Gasteiger partial charge on any atom is -0.396 e. The molecule has 17 heavy (non-hydrogen) atoms. The molecule has 0 aromatic carbocycles. The van der Waals surface area contributed by atoms with Crippen molar-refractivity contribution in [3.63, 3.8) is 0 Å². The molecule has 4 heteroatoms. The fourth-order valence-corrected chi connectivity index (χ4v) is 1.79. The maximum Gasteiger partial charge on any atom is 0.0753 e. The molecule has 1 aromatic heterocycles. The second kappa shape index (κ2) is 6.67. The summed E-state index contributed by atoms with van der Waals surface area (Å²) in [7, 11) is 0. The van der Waals surface area contributed by atoms with Crippen LogP contribution in [-0.2, 0) is 0 Å². The molecule has 1 heterocycles. The number of hydrogen-bond acceptors (Lipinski definition) is 4. The molecule has 0 fully saturated rings. The van der Waals surface area contributed by atoms with Gasteiger partial charge in [0.25, 0.3) is 0 Å². The predicted octanol–water partition coefficient (Wildman–Crippen LogP) is 1.93. The Morgan fingerprint density at radius 3 is 2.53 bits per heavy atom. The molecule has 0 aliphatic heterocycles. The average Bonchev–Trinajstić information content (AvgIpc) is 2.41. The summed E-state index contributed by atoms with van der Waals surface area (Å²) in [5.41, 5.74) is 0.919. The van der Waals surface area contributed by atoms with Crippen molar-refractivity contribution < 1.29 is 5.11 Å². The van der Waals surface area contributed by atoms with Crippen molar-refractivity contribution in [2.75, 3.05) is 13.2 Å². The van der Waals surface area contributed by atoms with Gasteiger partial charge in [0.2, 0.25) is 0 Å². The third kappa shape index (κ3) is 3.75. The van der Waals surface area contributed by atoms with Gasteiger partial charge in [-0.1, -0.05) is 13.8 Å². The van der Waals surface area contributed by atoms with Crippen LogP contribution in [0.1, 0.15) is 45.3 Å². The lowest BCUT2D eigenvalue weighted by molar-refractivity contribution is 0.110. The van der Waals surface area contributed by atoms with Gasteiger partial charge in [-0.15, -0.1) is 0 Å². The van der Waals surface area contributed by atoms with Crippen LogP contribution in [-0.4, -0.2) is 28.2 Å². The zero-order valence-electron chi connectivity index (χ0n) is 11.0. The molecule has 0 bridgehead atoms. The second-order valence-electron chi connectivity index (χ2n) is 4.60. The number of nitrogens with one attached hydrogen (secondary N) is 1. The maximum atomic E-state index is 9.49. The number of hydrogen-bond donors (Lipinski definition) is 2. The van der Waals surface area contributed by atoms with Gasteiger partial charge < -0.3 is 10.4 Å². The van der Waals surface area contributed by atoms with Crippen molar-refractivity contribution in [3.8, 4) is 0 Å². The molecule has 1 aromatic rings. The van der Waals surface area contributed by atoms with E-state index in [4.69, 9.17) is 0 Å². The summed E-state index contributed by atoms with van der Waals surface area (Å²) in [6.07, 6.45) is 7.09. The molecule has 0 saturated carbocycles. The lowest BCUT2D eigenvalue weighted by Gasteiger charge is -2.31. The predicted molar refractivity (Wildman–Crippen MR) is 68.6 cm³/mol. The number of aliphatic hydroxyl groups is 1.